The van der Waals surface area contributed by atoms with Crippen LogP contribution in [0, 0.1) is 0 Å². The standard InChI is InChI=1S/C15H18N2O4S2/c1-21-15(18)13-14(11-4-2-3-5-12(11)22-13)23(19,20)17-10-6-8-16-9-7-10/h2-5,10,16-17H,6-9H2,1H3. The second-order valence-corrected chi connectivity index (χ2v) is 8.10. The van der Waals surface area contributed by atoms with E-state index in [-0.39, 0.29) is 15.8 Å². The predicted molar refractivity (Wildman–Crippen MR) is 89.4 cm³/mol. The van der Waals surface area contributed by atoms with Crippen molar-refractivity contribution in [2.75, 3.05) is 20.2 Å². The maximum Gasteiger partial charge on any atom is 0.349 e. The summed E-state index contributed by atoms with van der Waals surface area (Å²) in [6, 6.07) is 6.98. The fourth-order valence-electron chi connectivity index (χ4n) is 2.73. The number of sulfonamides is 1. The van der Waals surface area contributed by atoms with Gasteiger partial charge in [-0.2, -0.15) is 0 Å². The van der Waals surface area contributed by atoms with Crippen molar-refractivity contribution in [2.24, 2.45) is 0 Å². The lowest BCUT2D eigenvalue weighted by molar-refractivity contribution is 0.0602. The zero-order valence-corrected chi connectivity index (χ0v) is 14.3. The first-order valence-corrected chi connectivity index (χ1v) is 9.66. The van der Waals surface area contributed by atoms with E-state index >= 15 is 0 Å². The first-order chi connectivity index (χ1) is 11.0. The molecule has 2 aromatic rings. The number of thiophene rings is 1. The molecule has 2 heterocycles. The Balaban J connectivity index is 2.07. The Kier molecular flexibility index (Phi) is 4.67. The minimum absolute atomic E-state index is 0.0310. The van der Waals surface area contributed by atoms with E-state index in [9.17, 15) is 13.2 Å². The molecule has 8 heteroatoms. The van der Waals surface area contributed by atoms with Crippen LogP contribution in [0.25, 0.3) is 10.1 Å². The molecule has 0 spiro atoms. The molecule has 0 saturated carbocycles. The van der Waals surface area contributed by atoms with Crippen molar-refractivity contribution in [1.82, 2.24) is 10.0 Å². The molecule has 2 N–H and O–H groups in total. The maximum atomic E-state index is 12.9. The van der Waals surface area contributed by atoms with E-state index in [4.69, 9.17) is 4.74 Å². The minimum atomic E-state index is -3.80. The monoisotopic (exact) mass is 354 g/mol. The molecule has 6 nitrogen and oxygen atoms in total. The van der Waals surface area contributed by atoms with Crippen molar-refractivity contribution >= 4 is 37.4 Å². The summed E-state index contributed by atoms with van der Waals surface area (Å²) >= 11 is 1.14. The van der Waals surface area contributed by atoms with Crippen LogP contribution in [-0.4, -0.2) is 40.6 Å². The second-order valence-electron chi connectivity index (χ2n) is 5.39. The van der Waals surface area contributed by atoms with Gasteiger partial charge in [-0.15, -0.1) is 11.3 Å². The van der Waals surface area contributed by atoms with Crippen molar-refractivity contribution in [3.8, 4) is 0 Å². The summed E-state index contributed by atoms with van der Waals surface area (Å²) in [5.41, 5.74) is 0. The highest BCUT2D eigenvalue weighted by Crippen LogP contribution is 2.35. The van der Waals surface area contributed by atoms with Gasteiger partial charge in [0.15, 0.2) is 0 Å². The number of ether oxygens (including phenoxy) is 1. The molecule has 23 heavy (non-hydrogen) atoms. The highest BCUT2D eigenvalue weighted by molar-refractivity contribution is 7.90. The highest BCUT2D eigenvalue weighted by Gasteiger charge is 2.30. The van der Waals surface area contributed by atoms with Crippen LogP contribution < -0.4 is 10.0 Å². The SMILES string of the molecule is COC(=O)c1sc2ccccc2c1S(=O)(=O)NC1CCNCC1. The fourth-order valence-corrected chi connectivity index (χ4v) is 5.86. The number of nitrogens with one attached hydrogen (secondary N) is 2. The fraction of sp³-hybridized carbons (Fsp3) is 0.400. The van der Waals surface area contributed by atoms with Crippen LogP contribution in [0.4, 0.5) is 0 Å². The molecular weight excluding hydrogens is 336 g/mol. The molecule has 124 valence electrons. The molecule has 0 atom stereocenters. The van der Waals surface area contributed by atoms with Crippen LogP contribution >= 0.6 is 11.3 Å². The van der Waals surface area contributed by atoms with Crippen LogP contribution in [0.3, 0.4) is 0 Å². The van der Waals surface area contributed by atoms with Gasteiger partial charge >= 0.3 is 5.97 Å². The number of carbonyl (C=O) groups is 1. The van der Waals surface area contributed by atoms with Gasteiger partial charge in [0.2, 0.25) is 10.0 Å². The van der Waals surface area contributed by atoms with E-state index < -0.39 is 16.0 Å². The minimum Gasteiger partial charge on any atom is -0.465 e. The number of piperidine rings is 1. The molecule has 1 aromatic carbocycles. The number of rotatable bonds is 4. The van der Waals surface area contributed by atoms with Gasteiger partial charge in [0.1, 0.15) is 9.77 Å². The molecule has 1 aliphatic heterocycles. The van der Waals surface area contributed by atoms with E-state index in [1.54, 1.807) is 18.2 Å². The largest absolute Gasteiger partial charge is 0.465 e. The third kappa shape index (κ3) is 3.25. The summed E-state index contributed by atoms with van der Waals surface area (Å²) in [5, 5.41) is 3.75. The Morgan fingerprint density at radius 3 is 2.70 bits per heavy atom. The van der Waals surface area contributed by atoms with Crippen molar-refractivity contribution in [3.05, 3.63) is 29.1 Å². The summed E-state index contributed by atoms with van der Waals surface area (Å²) in [6.45, 7) is 1.56. The first kappa shape index (κ1) is 16.4. The Hall–Kier alpha value is -1.48. The number of carbonyl (C=O) groups excluding carboxylic acids is 1. The molecule has 0 radical (unpaired) electrons. The number of benzene rings is 1. The normalized spacial score (nSPS) is 16.6. The number of methoxy groups -OCH3 is 1. The quantitative estimate of drug-likeness (QED) is 0.817. The van der Waals surface area contributed by atoms with Crippen molar-refractivity contribution in [2.45, 2.75) is 23.8 Å². The number of fused-ring (bicyclic) bond motifs is 1. The molecule has 0 aliphatic carbocycles. The van der Waals surface area contributed by atoms with Gasteiger partial charge in [-0.25, -0.2) is 17.9 Å². The van der Waals surface area contributed by atoms with Crippen LogP contribution in [0.2, 0.25) is 0 Å². The van der Waals surface area contributed by atoms with Gasteiger partial charge in [0.25, 0.3) is 0 Å². The van der Waals surface area contributed by atoms with E-state index in [0.29, 0.717) is 5.39 Å². The summed E-state index contributed by atoms with van der Waals surface area (Å²) < 4.78 is 34.0. The Morgan fingerprint density at radius 2 is 2.00 bits per heavy atom. The lowest BCUT2D eigenvalue weighted by Gasteiger charge is -2.23. The highest BCUT2D eigenvalue weighted by atomic mass is 32.2. The van der Waals surface area contributed by atoms with Crippen LogP contribution in [0.15, 0.2) is 29.2 Å². The number of hydrogen-bond donors (Lipinski definition) is 2. The predicted octanol–water partition coefficient (Wildman–Crippen LogP) is 1.72. The maximum absolute atomic E-state index is 12.9. The molecular formula is C15H18N2O4S2. The summed E-state index contributed by atoms with van der Waals surface area (Å²) in [6.07, 6.45) is 1.46. The smallest absolute Gasteiger partial charge is 0.349 e. The van der Waals surface area contributed by atoms with Gasteiger partial charge in [-0.3, -0.25) is 0 Å². The van der Waals surface area contributed by atoms with E-state index in [1.165, 1.54) is 7.11 Å². The molecule has 0 unspecified atom stereocenters. The Bertz CT molecular complexity index is 823. The van der Waals surface area contributed by atoms with Crippen molar-refractivity contribution in [3.63, 3.8) is 0 Å². The average Bonchev–Trinajstić information content (AvgIpc) is 2.95. The Labute approximate surface area is 138 Å². The van der Waals surface area contributed by atoms with Crippen molar-refractivity contribution in [1.29, 1.82) is 0 Å². The summed E-state index contributed by atoms with van der Waals surface area (Å²) in [7, 11) is -2.54. The van der Waals surface area contributed by atoms with Gasteiger partial charge in [-0.05, 0) is 32.0 Å². The van der Waals surface area contributed by atoms with E-state index in [2.05, 4.69) is 10.0 Å². The zero-order valence-electron chi connectivity index (χ0n) is 12.7. The third-order valence-corrected chi connectivity index (χ3v) is 6.74. The Morgan fingerprint density at radius 1 is 1.30 bits per heavy atom. The number of esters is 1. The molecule has 1 aromatic heterocycles. The molecule has 0 bridgehead atoms. The average molecular weight is 354 g/mol. The summed E-state index contributed by atoms with van der Waals surface area (Å²) in [5.74, 6) is -0.628. The molecule has 1 fully saturated rings. The third-order valence-electron chi connectivity index (χ3n) is 3.85. The van der Waals surface area contributed by atoms with Crippen molar-refractivity contribution < 1.29 is 17.9 Å². The molecule has 1 aliphatic rings. The van der Waals surface area contributed by atoms with Gasteiger partial charge in [0.05, 0.1) is 7.11 Å². The summed E-state index contributed by atoms with van der Waals surface area (Å²) in [4.78, 5) is 12.2. The lowest BCUT2D eigenvalue weighted by Crippen LogP contribution is -2.42. The van der Waals surface area contributed by atoms with E-state index in [1.807, 2.05) is 6.07 Å². The van der Waals surface area contributed by atoms with E-state index in [0.717, 1.165) is 42.0 Å². The molecule has 1 saturated heterocycles. The van der Waals surface area contributed by atoms with Crippen LogP contribution in [-0.2, 0) is 14.8 Å². The van der Waals surface area contributed by atoms with Crippen LogP contribution in [0.1, 0.15) is 22.5 Å². The lowest BCUT2D eigenvalue weighted by atomic mass is 10.1. The molecule has 0 amide bonds. The van der Waals surface area contributed by atoms with Gasteiger partial charge in [0, 0.05) is 16.1 Å². The topological polar surface area (TPSA) is 84.5 Å². The van der Waals surface area contributed by atoms with Gasteiger partial charge < -0.3 is 10.1 Å². The second kappa shape index (κ2) is 6.56. The molecule has 3 rings (SSSR count). The van der Waals surface area contributed by atoms with Gasteiger partial charge in [-0.1, -0.05) is 18.2 Å². The first-order valence-electron chi connectivity index (χ1n) is 7.36. The number of hydrogen-bond acceptors (Lipinski definition) is 6. The van der Waals surface area contributed by atoms with Crippen LogP contribution in [0.5, 0.6) is 0 Å². The zero-order chi connectivity index (χ0) is 16.4.